The van der Waals surface area contributed by atoms with E-state index >= 15 is 0 Å². The van der Waals surface area contributed by atoms with Crippen LogP contribution < -0.4 is 5.32 Å². The maximum atomic E-state index is 12.2. The van der Waals surface area contributed by atoms with Crippen LogP contribution in [0, 0.1) is 6.92 Å². The fourth-order valence-electron chi connectivity index (χ4n) is 2.86. The summed E-state index contributed by atoms with van der Waals surface area (Å²) in [7, 11) is 0. The Morgan fingerprint density at radius 2 is 1.89 bits per heavy atom. The van der Waals surface area contributed by atoms with Crippen molar-refractivity contribution in [2.45, 2.75) is 18.5 Å². The monoisotopic (exact) mass is 388 g/mol. The minimum absolute atomic E-state index is 0.0177. The van der Waals surface area contributed by atoms with Gasteiger partial charge in [0.15, 0.2) is 0 Å². The first-order chi connectivity index (χ1) is 13.7. The summed E-state index contributed by atoms with van der Waals surface area (Å²) in [6.07, 6.45) is 3.54. The van der Waals surface area contributed by atoms with E-state index in [1.165, 1.54) is 17.3 Å². The van der Waals surface area contributed by atoms with Gasteiger partial charge in [-0.05, 0) is 18.6 Å². The van der Waals surface area contributed by atoms with E-state index in [-0.39, 0.29) is 5.91 Å². The summed E-state index contributed by atoms with van der Waals surface area (Å²) in [6.45, 7) is 2.59. The third-order valence-corrected chi connectivity index (χ3v) is 5.37. The van der Waals surface area contributed by atoms with Crippen LogP contribution in [0.2, 0.25) is 0 Å². The Morgan fingerprint density at radius 3 is 2.68 bits per heavy atom. The molecule has 0 radical (unpaired) electrons. The van der Waals surface area contributed by atoms with Crippen molar-refractivity contribution in [3.63, 3.8) is 0 Å². The van der Waals surface area contributed by atoms with Crippen molar-refractivity contribution in [2.75, 3.05) is 5.75 Å². The molecule has 1 N–H and O–H groups in total. The number of amides is 1. The van der Waals surface area contributed by atoms with Gasteiger partial charge in [0.1, 0.15) is 5.03 Å². The fourth-order valence-corrected chi connectivity index (χ4v) is 3.66. The summed E-state index contributed by atoms with van der Waals surface area (Å²) < 4.78 is 1.81. The molecule has 0 fully saturated rings. The number of aromatic nitrogens is 3. The molecule has 6 heteroatoms. The van der Waals surface area contributed by atoms with E-state index in [9.17, 15) is 4.79 Å². The van der Waals surface area contributed by atoms with Crippen LogP contribution in [0.4, 0.5) is 0 Å². The molecule has 2 aromatic carbocycles. The number of hydrogen-bond acceptors (Lipinski definition) is 4. The molecule has 0 atom stereocenters. The van der Waals surface area contributed by atoms with E-state index < -0.39 is 0 Å². The molecule has 5 nitrogen and oxygen atoms in total. The van der Waals surface area contributed by atoms with Gasteiger partial charge in [0.25, 0.3) is 0 Å². The first kappa shape index (κ1) is 18.3. The first-order valence-corrected chi connectivity index (χ1v) is 10.0. The van der Waals surface area contributed by atoms with Crippen LogP contribution in [0.25, 0.3) is 16.8 Å². The topological polar surface area (TPSA) is 59.3 Å². The second kappa shape index (κ2) is 8.27. The Bertz CT molecular complexity index is 1090. The number of nitrogens with one attached hydrogen (secondary N) is 1. The molecule has 0 bridgehead atoms. The van der Waals surface area contributed by atoms with Crippen LogP contribution in [0.5, 0.6) is 0 Å². The molecule has 1 amide bonds. The summed E-state index contributed by atoms with van der Waals surface area (Å²) >= 11 is 1.42. The standard InChI is InChI=1S/C22H20N4OS/c1-16-7-9-18(10-8-16)19-13-20-22(23-11-12-26(20)25-19)28-15-21(27)24-14-17-5-3-2-4-6-17/h2-13H,14-15H2,1H3,(H,24,27). The lowest BCUT2D eigenvalue weighted by Gasteiger charge is -2.05. The summed E-state index contributed by atoms with van der Waals surface area (Å²) in [5.74, 6) is 0.292. The molecule has 4 aromatic rings. The van der Waals surface area contributed by atoms with Crippen molar-refractivity contribution < 1.29 is 4.79 Å². The molecule has 2 heterocycles. The molecule has 4 rings (SSSR count). The van der Waals surface area contributed by atoms with Gasteiger partial charge in [-0.1, -0.05) is 71.9 Å². The molecule has 0 saturated heterocycles. The molecule has 0 spiro atoms. The summed E-state index contributed by atoms with van der Waals surface area (Å²) in [4.78, 5) is 16.6. The van der Waals surface area contributed by atoms with E-state index in [2.05, 4.69) is 46.6 Å². The fraction of sp³-hybridized carbons (Fsp3) is 0.136. The number of carbonyl (C=O) groups excluding carboxylic acids is 1. The molecular formula is C22H20N4OS. The maximum absolute atomic E-state index is 12.2. The highest BCUT2D eigenvalue weighted by Crippen LogP contribution is 2.26. The van der Waals surface area contributed by atoms with E-state index in [0.29, 0.717) is 12.3 Å². The lowest BCUT2D eigenvalue weighted by atomic mass is 10.1. The number of hydrogen-bond donors (Lipinski definition) is 1. The lowest BCUT2D eigenvalue weighted by molar-refractivity contribution is -0.118. The van der Waals surface area contributed by atoms with Crippen molar-refractivity contribution in [1.29, 1.82) is 0 Å². The number of thioether (sulfide) groups is 1. The molecule has 2 aromatic heterocycles. The molecular weight excluding hydrogens is 368 g/mol. The van der Waals surface area contributed by atoms with Crippen LogP contribution in [-0.2, 0) is 11.3 Å². The molecule has 140 valence electrons. The minimum Gasteiger partial charge on any atom is -0.351 e. The van der Waals surface area contributed by atoms with Crippen LogP contribution in [-0.4, -0.2) is 26.3 Å². The highest BCUT2D eigenvalue weighted by atomic mass is 32.2. The summed E-state index contributed by atoms with van der Waals surface area (Å²) in [5.41, 5.74) is 5.15. The lowest BCUT2D eigenvalue weighted by Crippen LogP contribution is -2.24. The van der Waals surface area contributed by atoms with E-state index in [4.69, 9.17) is 0 Å². The largest absolute Gasteiger partial charge is 0.351 e. The highest BCUT2D eigenvalue weighted by molar-refractivity contribution is 8.00. The van der Waals surface area contributed by atoms with Gasteiger partial charge in [0.05, 0.1) is 17.0 Å². The Hall–Kier alpha value is -3.12. The second-order valence-electron chi connectivity index (χ2n) is 6.51. The van der Waals surface area contributed by atoms with E-state index in [1.54, 1.807) is 6.20 Å². The molecule has 28 heavy (non-hydrogen) atoms. The zero-order valence-electron chi connectivity index (χ0n) is 15.5. The van der Waals surface area contributed by atoms with E-state index in [1.807, 2.05) is 47.1 Å². The van der Waals surface area contributed by atoms with Crippen LogP contribution >= 0.6 is 11.8 Å². The van der Waals surface area contributed by atoms with Gasteiger partial charge in [0.2, 0.25) is 5.91 Å². The summed E-state index contributed by atoms with van der Waals surface area (Å²) in [5, 5.41) is 8.38. The normalized spacial score (nSPS) is 10.9. The van der Waals surface area contributed by atoms with Crippen molar-refractivity contribution in [1.82, 2.24) is 19.9 Å². The smallest absolute Gasteiger partial charge is 0.230 e. The first-order valence-electron chi connectivity index (χ1n) is 9.04. The van der Waals surface area contributed by atoms with Gasteiger partial charge >= 0.3 is 0 Å². The van der Waals surface area contributed by atoms with Crippen LogP contribution in [0.15, 0.2) is 78.1 Å². The van der Waals surface area contributed by atoms with Crippen molar-refractivity contribution >= 4 is 23.2 Å². The zero-order chi connectivity index (χ0) is 19.3. The molecule has 0 unspecified atom stereocenters. The number of nitrogens with zero attached hydrogens (tertiary/aromatic N) is 3. The SMILES string of the molecule is Cc1ccc(-c2cc3c(SCC(=O)NCc4ccccc4)nccn3n2)cc1. The average molecular weight is 388 g/mol. The summed E-state index contributed by atoms with van der Waals surface area (Å²) in [6, 6.07) is 20.2. The zero-order valence-corrected chi connectivity index (χ0v) is 16.3. The van der Waals surface area contributed by atoms with Crippen molar-refractivity contribution in [2.24, 2.45) is 0 Å². The number of carbonyl (C=O) groups is 1. The van der Waals surface area contributed by atoms with Crippen LogP contribution in [0.1, 0.15) is 11.1 Å². The number of rotatable bonds is 6. The van der Waals surface area contributed by atoms with Gasteiger partial charge in [-0.15, -0.1) is 0 Å². The van der Waals surface area contributed by atoms with Gasteiger partial charge in [0, 0.05) is 24.5 Å². The number of benzene rings is 2. The van der Waals surface area contributed by atoms with Gasteiger partial charge in [-0.3, -0.25) is 4.79 Å². The predicted molar refractivity (Wildman–Crippen MR) is 112 cm³/mol. The average Bonchev–Trinajstić information content (AvgIpc) is 3.17. The predicted octanol–water partition coefficient (Wildman–Crippen LogP) is 4.11. The van der Waals surface area contributed by atoms with Gasteiger partial charge in [-0.25, -0.2) is 9.50 Å². The van der Waals surface area contributed by atoms with Gasteiger partial charge < -0.3 is 5.32 Å². The Balaban J connectivity index is 1.45. The third-order valence-electron chi connectivity index (χ3n) is 4.37. The Kier molecular flexibility index (Phi) is 5.39. The molecule has 0 aliphatic heterocycles. The van der Waals surface area contributed by atoms with Crippen molar-refractivity contribution in [3.8, 4) is 11.3 Å². The molecule has 0 saturated carbocycles. The van der Waals surface area contributed by atoms with Crippen LogP contribution in [0.3, 0.4) is 0 Å². The molecule has 0 aliphatic rings. The van der Waals surface area contributed by atoms with Gasteiger partial charge in [-0.2, -0.15) is 5.10 Å². The highest BCUT2D eigenvalue weighted by Gasteiger charge is 2.11. The quantitative estimate of drug-likeness (QED) is 0.505. The van der Waals surface area contributed by atoms with E-state index in [0.717, 1.165) is 27.4 Å². The molecule has 0 aliphatic carbocycles. The number of aryl methyl sites for hydroxylation is 1. The third kappa shape index (κ3) is 4.23. The van der Waals surface area contributed by atoms with Crippen molar-refractivity contribution in [3.05, 3.63) is 84.2 Å². The maximum Gasteiger partial charge on any atom is 0.230 e. The Labute approximate surface area is 167 Å². The number of fused-ring (bicyclic) bond motifs is 1. The minimum atomic E-state index is -0.0177. The Morgan fingerprint density at radius 1 is 1.11 bits per heavy atom. The second-order valence-corrected chi connectivity index (χ2v) is 7.47.